The van der Waals surface area contributed by atoms with Gasteiger partial charge in [-0.15, -0.1) is 15.3 Å². The highest BCUT2D eigenvalue weighted by Gasteiger charge is 2.41. The van der Waals surface area contributed by atoms with Crippen LogP contribution >= 0.6 is 0 Å². The molecule has 28 heavy (non-hydrogen) atoms. The molecule has 0 radical (unpaired) electrons. The topological polar surface area (TPSA) is 66.6 Å². The van der Waals surface area contributed by atoms with Crippen LogP contribution in [0.25, 0.3) is 5.65 Å². The van der Waals surface area contributed by atoms with Crippen LogP contribution in [-0.2, 0) is 11.2 Å². The Labute approximate surface area is 164 Å². The Kier molecular flexibility index (Phi) is 4.43. The zero-order valence-electron chi connectivity index (χ0n) is 15.8. The van der Waals surface area contributed by atoms with E-state index in [1.54, 1.807) is 10.8 Å². The molecular formula is C21H24N6O. The molecule has 7 nitrogen and oxygen atoms in total. The maximum Gasteiger partial charge on any atom is 0.222 e. The molecule has 7 heteroatoms. The number of nitrogens with zero attached hydrogens (tertiary/aromatic N) is 6. The Morgan fingerprint density at radius 3 is 2.57 bits per heavy atom. The molecule has 2 aromatic heterocycles. The summed E-state index contributed by atoms with van der Waals surface area (Å²) < 4.78 is 1.71. The van der Waals surface area contributed by atoms with Crippen molar-refractivity contribution in [2.75, 3.05) is 31.1 Å². The van der Waals surface area contributed by atoms with Crippen molar-refractivity contribution < 1.29 is 4.79 Å². The summed E-state index contributed by atoms with van der Waals surface area (Å²) in [4.78, 5) is 17.0. The number of fused-ring (bicyclic) bond motifs is 2. The van der Waals surface area contributed by atoms with Crippen molar-refractivity contribution in [3.63, 3.8) is 0 Å². The summed E-state index contributed by atoms with van der Waals surface area (Å²) in [6.45, 7) is 3.67. The van der Waals surface area contributed by atoms with Crippen molar-refractivity contribution in [2.45, 2.75) is 19.3 Å². The number of aryl methyl sites for hydroxylation is 1. The second-order valence-corrected chi connectivity index (χ2v) is 7.89. The molecular weight excluding hydrogens is 352 g/mol. The van der Waals surface area contributed by atoms with Gasteiger partial charge >= 0.3 is 0 Å². The molecule has 0 bridgehead atoms. The summed E-state index contributed by atoms with van der Waals surface area (Å²) in [6, 6.07) is 14.4. The molecule has 2 fully saturated rings. The third-order valence-electron chi connectivity index (χ3n) is 6.01. The lowest BCUT2D eigenvalue weighted by molar-refractivity contribution is -0.130. The fraction of sp³-hybridized carbons (Fsp3) is 0.429. The summed E-state index contributed by atoms with van der Waals surface area (Å²) in [6.07, 6.45) is 4.16. The maximum atomic E-state index is 12.6. The van der Waals surface area contributed by atoms with E-state index in [0.29, 0.717) is 24.2 Å². The van der Waals surface area contributed by atoms with Crippen molar-refractivity contribution >= 4 is 17.4 Å². The highest BCUT2D eigenvalue weighted by molar-refractivity contribution is 5.76. The van der Waals surface area contributed by atoms with E-state index < -0.39 is 0 Å². The average Bonchev–Trinajstić information content (AvgIpc) is 3.42. The molecule has 2 saturated heterocycles. The molecule has 0 spiro atoms. The number of anilines is 1. The summed E-state index contributed by atoms with van der Waals surface area (Å²) in [5, 5.41) is 12.5. The zero-order chi connectivity index (χ0) is 18.9. The van der Waals surface area contributed by atoms with Gasteiger partial charge in [-0.3, -0.25) is 4.79 Å². The smallest absolute Gasteiger partial charge is 0.222 e. The molecule has 3 aromatic rings. The minimum absolute atomic E-state index is 0.306. The highest BCUT2D eigenvalue weighted by Crippen LogP contribution is 2.33. The molecule has 1 aromatic carbocycles. The van der Waals surface area contributed by atoms with Gasteiger partial charge in [0.05, 0.1) is 0 Å². The van der Waals surface area contributed by atoms with E-state index >= 15 is 0 Å². The molecule has 2 aliphatic rings. The van der Waals surface area contributed by atoms with Crippen LogP contribution in [0.4, 0.5) is 5.82 Å². The van der Waals surface area contributed by atoms with Gasteiger partial charge in [0.2, 0.25) is 5.91 Å². The third kappa shape index (κ3) is 3.32. The van der Waals surface area contributed by atoms with Crippen molar-refractivity contribution in [3.05, 3.63) is 54.4 Å². The van der Waals surface area contributed by atoms with Crippen LogP contribution in [0.3, 0.4) is 0 Å². The van der Waals surface area contributed by atoms with Gasteiger partial charge in [0.15, 0.2) is 5.65 Å². The van der Waals surface area contributed by atoms with Crippen molar-refractivity contribution in [1.29, 1.82) is 0 Å². The summed E-state index contributed by atoms with van der Waals surface area (Å²) in [7, 11) is 0. The standard InChI is InChI=1S/C21H24N6O/c28-21(8-4-7-16-5-2-1-3-6-16)26-13-17-11-25(12-18(17)14-26)20-10-9-19-23-22-15-27(19)24-20/h1-3,5-6,9-10,15,17-18H,4,7-8,11-14H2. The monoisotopic (exact) mass is 376 g/mol. The Morgan fingerprint density at radius 1 is 1.00 bits per heavy atom. The normalized spacial score (nSPS) is 21.4. The molecule has 144 valence electrons. The first kappa shape index (κ1) is 17.2. The third-order valence-corrected chi connectivity index (χ3v) is 6.01. The fourth-order valence-electron chi connectivity index (χ4n) is 4.52. The van der Waals surface area contributed by atoms with Crippen LogP contribution in [0.1, 0.15) is 18.4 Å². The molecule has 0 N–H and O–H groups in total. The molecule has 1 amide bonds. The van der Waals surface area contributed by atoms with E-state index in [1.807, 2.05) is 18.2 Å². The second kappa shape index (κ2) is 7.22. The average molecular weight is 376 g/mol. The SMILES string of the molecule is O=C(CCCc1ccccc1)N1CC2CN(c3ccc4nncn4n3)CC2C1. The predicted molar refractivity (Wildman–Crippen MR) is 106 cm³/mol. The van der Waals surface area contributed by atoms with E-state index in [-0.39, 0.29) is 0 Å². The molecule has 0 aliphatic carbocycles. The lowest BCUT2D eigenvalue weighted by atomic mass is 10.0. The van der Waals surface area contributed by atoms with E-state index in [2.05, 4.69) is 49.4 Å². The predicted octanol–water partition coefficient (Wildman–Crippen LogP) is 2.04. The van der Waals surface area contributed by atoms with Crippen LogP contribution in [0.2, 0.25) is 0 Å². The Hall–Kier alpha value is -2.96. The van der Waals surface area contributed by atoms with Crippen LogP contribution < -0.4 is 4.90 Å². The first-order valence-electron chi connectivity index (χ1n) is 10.00. The van der Waals surface area contributed by atoms with Crippen molar-refractivity contribution in [1.82, 2.24) is 24.7 Å². The first-order chi connectivity index (χ1) is 13.8. The zero-order valence-corrected chi connectivity index (χ0v) is 15.8. The lowest BCUT2D eigenvalue weighted by Gasteiger charge is -2.22. The quantitative estimate of drug-likeness (QED) is 0.682. The van der Waals surface area contributed by atoms with Crippen molar-refractivity contribution in [2.24, 2.45) is 11.8 Å². The van der Waals surface area contributed by atoms with E-state index in [4.69, 9.17) is 0 Å². The van der Waals surface area contributed by atoms with Gasteiger partial charge in [0.1, 0.15) is 12.1 Å². The summed E-state index contributed by atoms with van der Waals surface area (Å²) >= 11 is 0. The highest BCUT2D eigenvalue weighted by atomic mass is 16.2. The number of likely N-dealkylation sites (tertiary alicyclic amines) is 1. The summed E-state index contributed by atoms with van der Waals surface area (Å²) in [5.41, 5.74) is 2.07. The van der Waals surface area contributed by atoms with Gasteiger partial charge < -0.3 is 9.80 Å². The Balaban J connectivity index is 1.14. The summed E-state index contributed by atoms with van der Waals surface area (Å²) in [5.74, 6) is 2.34. The fourth-order valence-corrected chi connectivity index (χ4v) is 4.52. The Morgan fingerprint density at radius 2 is 1.79 bits per heavy atom. The van der Waals surface area contributed by atoms with Gasteiger partial charge in [-0.25, -0.2) is 0 Å². The largest absolute Gasteiger partial charge is 0.354 e. The Bertz CT molecular complexity index is 957. The number of hydrogen-bond acceptors (Lipinski definition) is 5. The van der Waals surface area contributed by atoms with E-state index in [0.717, 1.165) is 50.5 Å². The van der Waals surface area contributed by atoms with Crippen LogP contribution in [-0.4, -0.2) is 56.8 Å². The van der Waals surface area contributed by atoms with E-state index in [9.17, 15) is 4.79 Å². The maximum absolute atomic E-state index is 12.6. The molecule has 5 rings (SSSR count). The lowest BCUT2D eigenvalue weighted by Crippen LogP contribution is -2.33. The number of aromatic nitrogens is 4. The van der Waals surface area contributed by atoms with Gasteiger partial charge in [-0.2, -0.15) is 4.52 Å². The molecule has 4 heterocycles. The van der Waals surface area contributed by atoms with Gasteiger partial charge in [-0.1, -0.05) is 30.3 Å². The van der Waals surface area contributed by atoms with Crippen LogP contribution in [0.5, 0.6) is 0 Å². The molecule has 2 unspecified atom stereocenters. The number of rotatable bonds is 5. The molecule has 2 aliphatic heterocycles. The number of carbonyl (C=O) groups is 1. The van der Waals surface area contributed by atoms with Crippen LogP contribution in [0, 0.1) is 11.8 Å². The molecule has 0 saturated carbocycles. The number of amides is 1. The number of benzene rings is 1. The van der Waals surface area contributed by atoms with E-state index in [1.165, 1.54) is 5.56 Å². The first-order valence-corrected chi connectivity index (χ1v) is 10.00. The van der Waals surface area contributed by atoms with Crippen LogP contribution in [0.15, 0.2) is 48.8 Å². The van der Waals surface area contributed by atoms with Gasteiger partial charge in [0.25, 0.3) is 0 Å². The minimum atomic E-state index is 0.306. The van der Waals surface area contributed by atoms with Gasteiger partial charge in [-0.05, 0) is 30.5 Å². The number of carbonyl (C=O) groups excluding carboxylic acids is 1. The minimum Gasteiger partial charge on any atom is -0.354 e. The van der Waals surface area contributed by atoms with Gasteiger partial charge in [0, 0.05) is 44.4 Å². The second-order valence-electron chi connectivity index (χ2n) is 7.89. The van der Waals surface area contributed by atoms with Crippen molar-refractivity contribution in [3.8, 4) is 0 Å². The number of hydrogen-bond donors (Lipinski definition) is 0. The molecule has 2 atom stereocenters.